The summed E-state index contributed by atoms with van der Waals surface area (Å²) in [5.74, 6) is 0.854. The molecule has 0 spiro atoms. The molecule has 0 bridgehead atoms. The fraction of sp³-hybridized carbons (Fsp3) is 0.308. The molecule has 0 amide bonds. The van der Waals surface area contributed by atoms with Crippen LogP contribution in [0, 0.1) is 10.1 Å². The minimum absolute atomic E-state index is 0.0478. The van der Waals surface area contributed by atoms with Gasteiger partial charge in [-0.3, -0.25) is 10.1 Å². The Morgan fingerprint density at radius 3 is 2.71 bits per heavy atom. The van der Waals surface area contributed by atoms with Crippen LogP contribution in [0.3, 0.4) is 0 Å². The molecular formula is C13H16N4O4. The number of aromatic amines is 1. The van der Waals surface area contributed by atoms with E-state index in [9.17, 15) is 15.2 Å². The second-order valence-electron chi connectivity index (χ2n) is 4.54. The third-order valence-corrected chi connectivity index (χ3v) is 3.00. The molecule has 112 valence electrons. The summed E-state index contributed by atoms with van der Waals surface area (Å²) in [5, 5.41) is 24.2. The van der Waals surface area contributed by atoms with Crippen LogP contribution in [-0.2, 0) is 5.60 Å². The number of H-pyrrole nitrogens is 1. The molecular weight excluding hydrogens is 276 g/mol. The normalized spacial score (nSPS) is 13.4. The molecule has 8 heteroatoms. The Kier molecular flexibility index (Phi) is 4.39. The molecule has 1 aromatic heterocycles. The molecule has 1 heterocycles. The molecule has 0 saturated heterocycles. The number of aromatic nitrogens is 2. The molecule has 2 aromatic rings. The predicted octanol–water partition coefficient (Wildman–Crippen LogP) is 0.995. The van der Waals surface area contributed by atoms with Gasteiger partial charge in [-0.25, -0.2) is 4.98 Å². The summed E-state index contributed by atoms with van der Waals surface area (Å²) in [7, 11) is 1.56. The summed E-state index contributed by atoms with van der Waals surface area (Å²) >= 11 is 0. The molecule has 1 aromatic carbocycles. The highest BCUT2D eigenvalue weighted by atomic mass is 16.6. The van der Waals surface area contributed by atoms with E-state index < -0.39 is 17.1 Å². The number of ether oxygens (including phenoxy) is 1. The van der Waals surface area contributed by atoms with Gasteiger partial charge in [0.25, 0.3) is 0 Å². The Morgan fingerprint density at radius 1 is 1.48 bits per heavy atom. The molecule has 1 unspecified atom stereocenters. The lowest BCUT2D eigenvalue weighted by Crippen LogP contribution is -2.41. The largest absolute Gasteiger partial charge is 0.497 e. The Morgan fingerprint density at radius 2 is 2.19 bits per heavy atom. The molecule has 0 fully saturated rings. The number of rotatable bonds is 7. The summed E-state index contributed by atoms with van der Waals surface area (Å²) in [6.07, 6.45) is 2.95. The summed E-state index contributed by atoms with van der Waals surface area (Å²) < 4.78 is 5.04. The van der Waals surface area contributed by atoms with Gasteiger partial charge < -0.3 is 20.1 Å². The van der Waals surface area contributed by atoms with E-state index in [0.29, 0.717) is 11.4 Å². The van der Waals surface area contributed by atoms with Gasteiger partial charge in [-0.2, -0.15) is 0 Å². The molecule has 3 N–H and O–H groups in total. The Bertz CT molecular complexity index is 585. The third-order valence-electron chi connectivity index (χ3n) is 3.00. The van der Waals surface area contributed by atoms with Gasteiger partial charge in [0.2, 0.25) is 12.1 Å². The van der Waals surface area contributed by atoms with Crippen LogP contribution in [0.25, 0.3) is 0 Å². The van der Waals surface area contributed by atoms with Crippen LogP contribution >= 0.6 is 0 Å². The number of nitrogens with one attached hydrogen (secondary N) is 2. The molecule has 0 radical (unpaired) electrons. The van der Waals surface area contributed by atoms with Crippen molar-refractivity contribution >= 4 is 5.69 Å². The first-order valence-electron chi connectivity index (χ1n) is 6.25. The lowest BCUT2D eigenvalue weighted by atomic mass is 10.0. The summed E-state index contributed by atoms with van der Waals surface area (Å²) in [4.78, 5) is 16.8. The molecule has 0 aliphatic heterocycles. The summed E-state index contributed by atoms with van der Waals surface area (Å²) in [5.41, 5.74) is -1.00. The number of anilines is 1. The van der Waals surface area contributed by atoms with Crippen molar-refractivity contribution in [2.24, 2.45) is 0 Å². The maximum Gasteiger partial charge on any atom is 0.241 e. The number of hydrogen-bond donors (Lipinski definition) is 3. The average Bonchev–Trinajstić information content (AvgIpc) is 3.00. The molecule has 0 saturated carbocycles. The van der Waals surface area contributed by atoms with Gasteiger partial charge in [0.1, 0.15) is 11.6 Å². The minimum atomic E-state index is -1.72. The molecule has 1 atom stereocenters. The standard InChI is InChI=1S/C13H16N4O4/c1-21-11-4-2-10(3-5-11)16-8-13(18,9-17(19)20)12-14-6-7-15-12/h2-7,16,18H,8-9H2,1H3,(H,14,15). The van der Waals surface area contributed by atoms with Gasteiger partial charge in [0.05, 0.1) is 13.7 Å². The summed E-state index contributed by atoms with van der Waals surface area (Å²) in [6, 6.07) is 7.02. The number of imidazole rings is 1. The van der Waals surface area contributed by atoms with E-state index in [0.717, 1.165) is 0 Å². The molecule has 21 heavy (non-hydrogen) atoms. The number of methoxy groups -OCH3 is 1. The van der Waals surface area contributed by atoms with Crippen molar-refractivity contribution in [3.8, 4) is 5.75 Å². The topological polar surface area (TPSA) is 113 Å². The second-order valence-corrected chi connectivity index (χ2v) is 4.54. The third kappa shape index (κ3) is 3.69. The zero-order chi connectivity index (χ0) is 15.3. The first-order chi connectivity index (χ1) is 10.0. The SMILES string of the molecule is COc1ccc(NCC(O)(C[N+](=O)[O-])c2ncc[nH]2)cc1. The van der Waals surface area contributed by atoms with E-state index in [-0.39, 0.29) is 12.4 Å². The van der Waals surface area contributed by atoms with Crippen molar-refractivity contribution in [3.63, 3.8) is 0 Å². The number of nitro groups is 1. The number of hydrogen-bond acceptors (Lipinski definition) is 6. The van der Waals surface area contributed by atoms with Gasteiger partial charge >= 0.3 is 0 Å². The van der Waals surface area contributed by atoms with Crippen LogP contribution in [0.1, 0.15) is 5.82 Å². The van der Waals surface area contributed by atoms with E-state index in [1.807, 2.05) is 0 Å². The maximum absolute atomic E-state index is 10.8. The zero-order valence-electron chi connectivity index (χ0n) is 11.4. The van der Waals surface area contributed by atoms with E-state index in [4.69, 9.17) is 4.74 Å². The minimum Gasteiger partial charge on any atom is -0.497 e. The first kappa shape index (κ1) is 14.8. The van der Waals surface area contributed by atoms with Crippen molar-refractivity contribution in [3.05, 3.63) is 52.6 Å². The fourth-order valence-corrected chi connectivity index (χ4v) is 1.90. The van der Waals surface area contributed by atoms with Crippen LogP contribution in [-0.4, -0.2) is 40.2 Å². The second kappa shape index (κ2) is 6.23. The van der Waals surface area contributed by atoms with Crippen LogP contribution in [0.4, 0.5) is 5.69 Å². The van der Waals surface area contributed by atoms with Crippen molar-refractivity contribution in [1.29, 1.82) is 0 Å². The molecule has 0 aliphatic rings. The molecule has 0 aliphatic carbocycles. The number of aliphatic hydroxyl groups is 1. The monoisotopic (exact) mass is 292 g/mol. The average molecular weight is 292 g/mol. The van der Waals surface area contributed by atoms with E-state index in [1.165, 1.54) is 12.4 Å². The van der Waals surface area contributed by atoms with Gasteiger partial charge in [0, 0.05) is 23.0 Å². The van der Waals surface area contributed by atoms with Crippen LogP contribution < -0.4 is 10.1 Å². The van der Waals surface area contributed by atoms with Gasteiger partial charge in [-0.05, 0) is 24.3 Å². The van der Waals surface area contributed by atoms with Gasteiger partial charge in [-0.15, -0.1) is 0 Å². The van der Waals surface area contributed by atoms with E-state index in [2.05, 4.69) is 15.3 Å². The fourth-order valence-electron chi connectivity index (χ4n) is 1.90. The maximum atomic E-state index is 10.8. The predicted molar refractivity (Wildman–Crippen MR) is 75.8 cm³/mol. The number of nitrogens with zero attached hydrogens (tertiary/aromatic N) is 2. The van der Waals surface area contributed by atoms with E-state index >= 15 is 0 Å². The lowest BCUT2D eigenvalue weighted by molar-refractivity contribution is -0.502. The van der Waals surface area contributed by atoms with Crippen LogP contribution in [0.15, 0.2) is 36.7 Å². The van der Waals surface area contributed by atoms with Crippen molar-refractivity contribution < 1.29 is 14.8 Å². The Balaban J connectivity index is 2.10. The highest BCUT2D eigenvalue weighted by Crippen LogP contribution is 2.20. The van der Waals surface area contributed by atoms with Gasteiger partial charge in [-0.1, -0.05) is 0 Å². The highest BCUT2D eigenvalue weighted by Gasteiger charge is 2.37. The van der Waals surface area contributed by atoms with Crippen molar-refractivity contribution in [2.75, 3.05) is 25.5 Å². The zero-order valence-corrected chi connectivity index (χ0v) is 11.4. The van der Waals surface area contributed by atoms with Crippen molar-refractivity contribution in [2.45, 2.75) is 5.60 Å². The Hall–Kier alpha value is -2.61. The van der Waals surface area contributed by atoms with Crippen molar-refractivity contribution in [1.82, 2.24) is 9.97 Å². The van der Waals surface area contributed by atoms with Crippen LogP contribution in [0.5, 0.6) is 5.75 Å². The van der Waals surface area contributed by atoms with Gasteiger partial charge in [0.15, 0.2) is 0 Å². The van der Waals surface area contributed by atoms with E-state index in [1.54, 1.807) is 31.4 Å². The lowest BCUT2D eigenvalue weighted by Gasteiger charge is -2.22. The Labute approximate surface area is 120 Å². The molecule has 8 nitrogen and oxygen atoms in total. The smallest absolute Gasteiger partial charge is 0.241 e. The highest BCUT2D eigenvalue weighted by molar-refractivity contribution is 5.46. The molecule has 2 rings (SSSR count). The quantitative estimate of drug-likeness (QED) is 0.518. The summed E-state index contributed by atoms with van der Waals surface area (Å²) in [6.45, 7) is -0.697. The first-order valence-corrected chi connectivity index (χ1v) is 6.25. The van der Waals surface area contributed by atoms with Crippen LogP contribution in [0.2, 0.25) is 0 Å². The number of benzene rings is 1.